The fraction of sp³-hybridized carbons (Fsp3) is 0.273. The fourth-order valence-corrected chi connectivity index (χ4v) is 3.91. The van der Waals surface area contributed by atoms with Crippen molar-refractivity contribution in [1.29, 1.82) is 0 Å². The maximum absolute atomic E-state index is 13.0. The predicted molar refractivity (Wildman–Crippen MR) is 108 cm³/mol. The number of nitrogens with one attached hydrogen (secondary N) is 1. The summed E-state index contributed by atoms with van der Waals surface area (Å²) in [6, 6.07) is 13.7. The standard InChI is InChI=1S/C22H21N3O4/c26-20-17-9-2-1-8-16(17)18(23-24-20)13-14-6-5-7-15(12-14)21(27)25-11-4-3-10-19(25)22(28)29/h1-2,5-9,12,19H,3-4,10-11,13H2,(H,24,26)(H,28,29). The van der Waals surface area contributed by atoms with Gasteiger partial charge in [0.15, 0.2) is 0 Å². The number of rotatable bonds is 4. The average Bonchev–Trinajstić information content (AvgIpc) is 2.75. The molecule has 1 fully saturated rings. The number of fused-ring (bicyclic) bond motifs is 1. The molecule has 7 nitrogen and oxygen atoms in total. The molecule has 0 radical (unpaired) electrons. The Labute approximate surface area is 167 Å². The van der Waals surface area contributed by atoms with Crippen molar-refractivity contribution in [1.82, 2.24) is 15.1 Å². The van der Waals surface area contributed by atoms with E-state index < -0.39 is 12.0 Å². The summed E-state index contributed by atoms with van der Waals surface area (Å²) in [5.41, 5.74) is 1.80. The number of aromatic nitrogens is 2. The number of carboxylic acids is 1. The second kappa shape index (κ2) is 7.87. The van der Waals surface area contributed by atoms with Crippen molar-refractivity contribution >= 4 is 22.6 Å². The lowest BCUT2D eigenvalue weighted by atomic mass is 9.99. The Morgan fingerprint density at radius 2 is 1.90 bits per heavy atom. The van der Waals surface area contributed by atoms with Gasteiger partial charge >= 0.3 is 5.97 Å². The molecule has 29 heavy (non-hydrogen) atoms. The normalized spacial score (nSPS) is 16.7. The van der Waals surface area contributed by atoms with E-state index in [4.69, 9.17) is 0 Å². The first kappa shape index (κ1) is 18.9. The van der Waals surface area contributed by atoms with Gasteiger partial charge in [-0.2, -0.15) is 5.10 Å². The number of aliphatic carboxylic acids is 1. The Hall–Kier alpha value is -3.48. The molecule has 2 aromatic carbocycles. The van der Waals surface area contributed by atoms with Crippen LogP contribution in [-0.2, 0) is 11.2 Å². The van der Waals surface area contributed by atoms with E-state index in [1.54, 1.807) is 30.3 Å². The SMILES string of the molecule is O=C(O)C1CCCCN1C(=O)c1cccc(Cc2n[nH]c(=O)c3ccccc23)c1. The molecule has 1 amide bonds. The third-order valence-electron chi connectivity index (χ3n) is 5.37. The topological polar surface area (TPSA) is 103 Å². The first-order valence-corrected chi connectivity index (χ1v) is 9.63. The van der Waals surface area contributed by atoms with Crippen LogP contribution in [-0.4, -0.2) is 44.7 Å². The third kappa shape index (κ3) is 3.76. The van der Waals surface area contributed by atoms with E-state index in [-0.39, 0.29) is 11.5 Å². The predicted octanol–water partition coefficient (Wildman–Crippen LogP) is 2.59. The molecule has 148 valence electrons. The van der Waals surface area contributed by atoms with Gasteiger partial charge in [-0.3, -0.25) is 9.59 Å². The summed E-state index contributed by atoms with van der Waals surface area (Å²) < 4.78 is 0. The number of piperidine rings is 1. The highest BCUT2D eigenvalue weighted by Gasteiger charge is 2.32. The van der Waals surface area contributed by atoms with Gasteiger partial charge in [-0.1, -0.05) is 30.3 Å². The van der Waals surface area contributed by atoms with E-state index >= 15 is 0 Å². The average molecular weight is 391 g/mol. The Kier molecular flexibility index (Phi) is 5.12. The van der Waals surface area contributed by atoms with Crippen LogP contribution in [0, 0.1) is 0 Å². The van der Waals surface area contributed by atoms with Gasteiger partial charge in [-0.15, -0.1) is 0 Å². The first-order valence-electron chi connectivity index (χ1n) is 9.63. The molecule has 1 aromatic heterocycles. The molecule has 1 saturated heterocycles. The molecule has 4 rings (SSSR count). The number of hydrogen-bond acceptors (Lipinski definition) is 4. The zero-order chi connectivity index (χ0) is 20.4. The van der Waals surface area contributed by atoms with Gasteiger partial charge in [0.2, 0.25) is 0 Å². The minimum Gasteiger partial charge on any atom is -0.480 e. The second-order valence-corrected chi connectivity index (χ2v) is 7.27. The first-order chi connectivity index (χ1) is 14.0. The van der Waals surface area contributed by atoms with Crippen LogP contribution in [0.1, 0.15) is 40.9 Å². The van der Waals surface area contributed by atoms with Gasteiger partial charge in [-0.05, 0) is 43.0 Å². The summed E-state index contributed by atoms with van der Waals surface area (Å²) in [5, 5.41) is 17.5. The summed E-state index contributed by atoms with van der Waals surface area (Å²) in [4.78, 5) is 37.9. The van der Waals surface area contributed by atoms with Gasteiger partial charge in [-0.25, -0.2) is 9.89 Å². The number of aromatic amines is 1. The van der Waals surface area contributed by atoms with Gasteiger partial charge in [0.05, 0.1) is 11.1 Å². The maximum Gasteiger partial charge on any atom is 0.326 e. The summed E-state index contributed by atoms with van der Waals surface area (Å²) in [5.74, 6) is -1.23. The molecule has 0 bridgehead atoms. The molecule has 0 spiro atoms. The molecule has 2 heterocycles. The molecule has 3 aromatic rings. The lowest BCUT2D eigenvalue weighted by Crippen LogP contribution is -2.48. The molecular formula is C22H21N3O4. The maximum atomic E-state index is 13.0. The van der Waals surface area contributed by atoms with Crippen molar-refractivity contribution in [2.45, 2.75) is 31.7 Å². The number of benzene rings is 2. The van der Waals surface area contributed by atoms with Crippen molar-refractivity contribution in [3.8, 4) is 0 Å². The van der Waals surface area contributed by atoms with E-state index in [2.05, 4.69) is 10.2 Å². The van der Waals surface area contributed by atoms with E-state index in [1.807, 2.05) is 18.2 Å². The number of likely N-dealkylation sites (tertiary alicyclic amines) is 1. The van der Waals surface area contributed by atoms with Crippen LogP contribution < -0.4 is 5.56 Å². The van der Waals surface area contributed by atoms with Crippen molar-refractivity contribution in [2.75, 3.05) is 6.54 Å². The number of hydrogen-bond donors (Lipinski definition) is 2. The van der Waals surface area contributed by atoms with Crippen LogP contribution in [0.25, 0.3) is 10.8 Å². The Morgan fingerprint density at radius 1 is 1.10 bits per heavy atom. The van der Waals surface area contributed by atoms with Crippen molar-refractivity contribution in [3.05, 3.63) is 75.7 Å². The highest BCUT2D eigenvalue weighted by molar-refractivity contribution is 5.97. The Morgan fingerprint density at radius 3 is 2.69 bits per heavy atom. The van der Waals surface area contributed by atoms with Crippen molar-refractivity contribution in [3.63, 3.8) is 0 Å². The number of amides is 1. The molecule has 0 aliphatic carbocycles. The molecule has 0 saturated carbocycles. The fourth-order valence-electron chi connectivity index (χ4n) is 3.91. The molecule has 7 heteroatoms. The second-order valence-electron chi connectivity index (χ2n) is 7.27. The van der Waals surface area contributed by atoms with E-state index in [0.29, 0.717) is 36.0 Å². The quantitative estimate of drug-likeness (QED) is 0.712. The van der Waals surface area contributed by atoms with Gasteiger partial charge < -0.3 is 10.0 Å². The van der Waals surface area contributed by atoms with E-state index in [9.17, 15) is 19.5 Å². The zero-order valence-electron chi connectivity index (χ0n) is 15.8. The van der Waals surface area contributed by atoms with Crippen LogP contribution in [0.5, 0.6) is 0 Å². The largest absolute Gasteiger partial charge is 0.480 e. The molecular weight excluding hydrogens is 370 g/mol. The summed E-state index contributed by atoms with van der Waals surface area (Å²) in [6.45, 7) is 0.451. The summed E-state index contributed by atoms with van der Waals surface area (Å²) in [7, 11) is 0. The Balaban J connectivity index is 1.63. The number of carbonyl (C=O) groups is 2. The molecule has 1 aliphatic rings. The summed E-state index contributed by atoms with van der Waals surface area (Å²) >= 11 is 0. The third-order valence-corrected chi connectivity index (χ3v) is 5.37. The van der Waals surface area contributed by atoms with Gasteiger partial charge in [0, 0.05) is 23.9 Å². The summed E-state index contributed by atoms with van der Waals surface area (Å²) in [6.07, 6.45) is 2.54. The number of H-pyrrole nitrogens is 1. The highest BCUT2D eigenvalue weighted by Crippen LogP contribution is 2.22. The molecule has 2 N–H and O–H groups in total. The Bertz CT molecular complexity index is 1140. The molecule has 1 unspecified atom stereocenters. The van der Waals surface area contributed by atoms with Crippen molar-refractivity contribution < 1.29 is 14.7 Å². The van der Waals surface area contributed by atoms with Crippen LogP contribution in [0.2, 0.25) is 0 Å². The van der Waals surface area contributed by atoms with Gasteiger partial charge in [0.1, 0.15) is 6.04 Å². The van der Waals surface area contributed by atoms with Crippen molar-refractivity contribution in [2.24, 2.45) is 0 Å². The lowest BCUT2D eigenvalue weighted by molar-refractivity contribution is -0.143. The highest BCUT2D eigenvalue weighted by atomic mass is 16.4. The van der Waals surface area contributed by atoms with E-state index in [1.165, 1.54) is 4.90 Å². The molecule has 1 atom stereocenters. The number of carbonyl (C=O) groups excluding carboxylic acids is 1. The minimum atomic E-state index is -0.960. The van der Waals surface area contributed by atoms with Crippen LogP contribution in [0.15, 0.2) is 53.3 Å². The molecule has 1 aliphatic heterocycles. The monoisotopic (exact) mass is 391 g/mol. The lowest BCUT2D eigenvalue weighted by Gasteiger charge is -2.33. The smallest absolute Gasteiger partial charge is 0.326 e. The van der Waals surface area contributed by atoms with E-state index in [0.717, 1.165) is 23.8 Å². The number of carboxylic acid groups (broad SMARTS) is 1. The minimum absolute atomic E-state index is 0.238. The number of nitrogens with zero attached hydrogens (tertiary/aromatic N) is 2. The van der Waals surface area contributed by atoms with Crippen LogP contribution in [0.4, 0.5) is 0 Å². The zero-order valence-corrected chi connectivity index (χ0v) is 15.8. The van der Waals surface area contributed by atoms with Crippen LogP contribution in [0.3, 0.4) is 0 Å². The van der Waals surface area contributed by atoms with Crippen LogP contribution >= 0.6 is 0 Å². The van der Waals surface area contributed by atoms with Gasteiger partial charge in [0.25, 0.3) is 11.5 Å².